The number of alkyl halides is 5. The number of hydrogen-bond donors (Lipinski definition) is 1. The predicted octanol–water partition coefficient (Wildman–Crippen LogP) is 4.82. The summed E-state index contributed by atoms with van der Waals surface area (Å²) in [5.41, 5.74) is 0.0337. The summed E-state index contributed by atoms with van der Waals surface area (Å²) in [7, 11) is 1.52. The number of ether oxygens (including phenoxy) is 1. The lowest BCUT2D eigenvalue weighted by molar-refractivity contribution is -0.115. The lowest BCUT2D eigenvalue weighted by atomic mass is 10.1. The number of methoxy groups -OCH3 is 1. The molecule has 0 saturated heterocycles. The highest BCUT2D eigenvalue weighted by Crippen LogP contribution is 2.26. The van der Waals surface area contributed by atoms with Crippen LogP contribution >= 0.6 is 0 Å². The minimum atomic E-state index is -4.48. The third-order valence-electron chi connectivity index (χ3n) is 5.05. The topological polar surface area (TPSA) is 81.9 Å². The van der Waals surface area contributed by atoms with Gasteiger partial charge in [-0.3, -0.25) is 9.78 Å². The first-order valence-electron chi connectivity index (χ1n) is 10.2. The number of pyridine rings is 2. The predicted molar refractivity (Wildman–Crippen MR) is 119 cm³/mol. The molecule has 3 aromatic heterocycles. The molecule has 3 heterocycles. The van der Waals surface area contributed by atoms with E-state index in [0.29, 0.717) is 5.75 Å². The molecule has 1 aromatic carbocycles. The van der Waals surface area contributed by atoms with Crippen molar-refractivity contribution in [2.75, 3.05) is 19.0 Å². The van der Waals surface area contributed by atoms with Crippen molar-refractivity contribution in [2.24, 2.45) is 0 Å². The van der Waals surface area contributed by atoms with Crippen LogP contribution in [0.3, 0.4) is 0 Å². The number of anilines is 1. The second kappa shape index (κ2) is 9.65. The number of fused-ring (bicyclic) bond motifs is 1. The van der Waals surface area contributed by atoms with Crippen LogP contribution in [0.1, 0.15) is 17.7 Å². The number of benzene rings is 1. The Bertz CT molecular complexity index is 1390. The Hall–Kier alpha value is -4.09. The van der Waals surface area contributed by atoms with Gasteiger partial charge in [-0.1, -0.05) is 18.2 Å². The first-order valence-corrected chi connectivity index (χ1v) is 10.2. The van der Waals surface area contributed by atoms with E-state index in [1.165, 1.54) is 30.0 Å². The van der Waals surface area contributed by atoms with Crippen LogP contribution in [0.5, 0.6) is 5.75 Å². The van der Waals surface area contributed by atoms with E-state index in [1.807, 2.05) is 0 Å². The van der Waals surface area contributed by atoms with Crippen LogP contribution in [0.15, 0.2) is 59.5 Å². The standard InChI is InChI=1S/C23H18F5N5O2/c1-35-15-5-2-13(3-6-15)11-33-22(34)19(14-4-7-17(21(24)25)29-10-14)20-16(32-33)8-9-18(31-20)30-12-23(26,27)28/h2-10,21H,11-12H2,1H3,(H,30,31). The minimum Gasteiger partial charge on any atom is -0.497 e. The van der Waals surface area contributed by atoms with Crippen molar-refractivity contribution < 1.29 is 26.7 Å². The van der Waals surface area contributed by atoms with E-state index in [1.54, 1.807) is 24.3 Å². The fourth-order valence-electron chi connectivity index (χ4n) is 3.37. The molecule has 0 spiro atoms. The molecule has 4 rings (SSSR count). The van der Waals surface area contributed by atoms with Crippen LogP contribution in [-0.2, 0) is 6.54 Å². The fraction of sp³-hybridized carbons (Fsp3) is 0.217. The Labute approximate surface area is 195 Å². The number of halogens is 5. The van der Waals surface area contributed by atoms with E-state index in [9.17, 15) is 26.7 Å². The molecule has 0 unspecified atom stereocenters. The highest BCUT2D eigenvalue weighted by Gasteiger charge is 2.27. The van der Waals surface area contributed by atoms with Gasteiger partial charge < -0.3 is 10.1 Å². The molecule has 12 heteroatoms. The summed E-state index contributed by atoms with van der Waals surface area (Å²) in [6.45, 7) is -1.25. The summed E-state index contributed by atoms with van der Waals surface area (Å²) in [6.07, 6.45) is -6.18. The second-order valence-electron chi connectivity index (χ2n) is 7.49. The molecule has 182 valence electrons. The van der Waals surface area contributed by atoms with Gasteiger partial charge in [-0.15, -0.1) is 0 Å². The van der Waals surface area contributed by atoms with Gasteiger partial charge in [-0.2, -0.15) is 18.3 Å². The zero-order valence-corrected chi connectivity index (χ0v) is 18.2. The van der Waals surface area contributed by atoms with E-state index in [-0.39, 0.29) is 34.5 Å². The molecule has 0 atom stereocenters. The highest BCUT2D eigenvalue weighted by atomic mass is 19.4. The van der Waals surface area contributed by atoms with Gasteiger partial charge in [-0.25, -0.2) is 18.4 Å². The first kappa shape index (κ1) is 24.0. The average Bonchev–Trinajstić information content (AvgIpc) is 2.83. The maximum absolute atomic E-state index is 13.4. The average molecular weight is 491 g/mol. The zero-order chi connectivity index (χ0) is 25.2. The molecule has 0 aliphatic carbocycles. The molecule has 0 amide bonds. The van der Waals surface area contributed by atoms with E-state index in [2.05, 4.69) is 20.4 Å². The van der Waals surface area contributed by atoms with Crippen LogP contribution in [-0.4, -0.2) is 39.6 Å². The molecule has 0 aliphatic rings. The van der Waals surface area contributed by atoms with Crippen LogP contribution in [0.4, 0.5) is 27.8 Å². The van der Waals surface area contributed by atoms with Gasteiger partial charge in [0.2, 0.25) is 0 Å². The fourth-order valence-corrected chi connectivity index (χ4v) is 3.37. The Morgan fingerprint density at radius 1 is 1.06 bits per heavy atom. The number of rotatable bonds is 7. The largest absolute Gasteiger partial charge is 0.497 e. The molecular formula is C23H18F5N5O2. The monoisotopic (exact) mass is 491 g/mol. The van der Waals surface area contributed by atoms with Crippen molar-refractivity contribution in [3.05, 3.63) is 76.3 Å². The van der Waals surface area contributed by atoms with Crippen molar-refractivity contribution in [1.29, 1.82) is 0 Å². The van der Waals surface area contributed by atoms with Gasteiger partial charge in [0.05, 0.1) is 19.2 Å². The van der Waals surface area contributed by atoms with Crippen molar-refractivity contribution in [1.82, 2.24) is 19.7 Å². The summed E-state index contributed by atoms with van der Waals surface area (Å²) in [4.78, 5) is 21.3. The molecular weight excluding hydrogens is 473 g/mol. The molecule has 0 saturated carbocycles. The van der Waals surface area contributed by atoms with Gasteiger partial charge in [-0.05, 0) is 35.9 Å². The quantitative estimate of drug-likeness (QED) is 0.374. The zero-order valence-electron chi connectivity index (χ0n) is 18.2. The van der Waals surface area contributed by atoms with Gasteiger partial charge in [0, 0.05) is 11.8 Å². The maximum Gasteiger partial charge on any atom is 0.405 e. The van der Waals surface area contributed by atoms with Crippen molar-refractivity contribution in [2.45, 2.75) is 19.1 Å². The van der Waals surface area contributed by atoms with Crippen LogP contribution in [0, 0.1) is 0 Å². The van der Waals surface area contributed by atoms with Gasteiger partial charge in [0.15, 0.2) is 0 Å². The van der Waals surface area contributed by atoms with E-state index in [0.717, 1.165) is 17.8 Å². The van der Waals surface area contributed by atoms with E-state index in [4.69, 9.17) is 4.74 Å². The molecule has 4 aromatic rings. The van der Waals surface area contributed by atoms with Crippen molar-refractivity contribution >= 4 is 16.9 Å². The summed E-state index contributed by atoms with van der Waals surface area (Å²) >= 11 is 0. The number of hydrogen-bond acceptors (Lipinski definition) is 6. The maximum atomic E-state index is 13.4. The van der Waals surface area contributed by atoms with Crippen LogP contribution in [0.25, 0.3) is 22.2 Å². The summed E-state index contributed by atoms with van der Waals surface area (Å²) in [6, 6.07) is 12.0. The number of nitrogens with zero attached hydrogens (tertiary/aromatic N) is 4. The molecule has 1 N–H and O–H groups in total. The molecule has 0 aliphatic heterocycles. The number of aromatic nitrogens is 4. The minimum absolute atomic E-state index is 0.0137. The number of nitrogens with one attached hydrogen (secondary N) is 1. The van der Waals surface area contributed by atoms with Crippen LogP contribution < -0.4 is 15.6 Å². The first-order chi connectivity index (χ1) is 16.6. The van der Waals surface area contributed by atoms with Crippen molar-refractivity contribution in [3.8, 4) is 16.9 Å². The van der Waals surface area contributed by atoms with Gasteiger partial charge >= 0.3 is 6.18 Å². The second-order valence-corrected chi connectivity index (χ2v) is 7.49. The third-order valence-corrected chi connectivity index (χ3v) is 5.05. The van der Waals surface area contributed by atoms with Gasteiger partial charge in [0.1, 0.15) is 34.8 Å². The Morgan fingerprint density at radius 2 is 1.80 bits per heavy atom. The molecule has 0 bridgehead atoms. The lowest BCUT2D eigenvalue weighted by Gasteiger charge is -2.13. The Balaban J connectivity index is 1.84. The van der Waals surface area contributed by atoms with E-state index < -0.39 is 30.4 Å². The normalized spacial score (nSPS) is 11.7. The van der Waals surface area contributed by atoms with Gasteiger partial charge in [0.25, 0.3) is 12.0 Å². The molecule has 0 fully saturated rings. The summed E-state index contributed by atoms with van der Waals surface area (Å²) < 4.78 is 70.2. The van der Waals surface area contributed by atoms with E-state index >= 15 is 0 Å². The lowest BCUT2D eigenvalue weighted by Crippen LogP contribution is -2.26. The smallest absolute Gasteiger partial charge is 0.405 e. The molecule has 7 nitrogen and oxygen atoms in total. The van der Waals surface area contributed by atoms with Crippen LogP contribution in [0.2, 0.25) is 0 Å². The summed E-state index contributed by atoms with van der Waals surface area (Å²) in [5.74, 6) is 0.504. The highest BCUT2D eigenvalue weighted by molar-refractivity contribution is 5.91. The Kier molecular flexibility index (Phi) is 6.63. The summed E-state index contributed by atoms with van der Waals surface area (Å²) in [5, 5.41) is 6.48. The third kappa shape index (κ3) is 5.53. The molecule has 35 heavy (non-hydrogen) atoms. The van der Waals surface area contributed by atoms with Crippen molar-refractivity contribution in [3.63, 3.8) is 0 Å². The SMILES string of the molecule is COc1ccc(Cn2nc3ccc(NCC(F)(F)F)nc3c(-c3ccc(C(F)F)nc3)c2=O)cc1. The Morgan fingerprint density at radius 3 is 2.40 bits per heavy atom. The molecule has 0 radical (unpaired) electrons.